The van der Waals surface area contributed by atoms with E-state index in [-0.39, 0.29) is 0 Å². The van der Waals surface area contributed by atoms with Crippen LogP contribution in [0.4, 0.5) is 0 Å². The van der Waals surface area contributed by atoms with E-state index in [4.69, 9.17) is 9.39 Å². The summed E-state index contributed by atoms with van der Waals surface area (Å²) < 4.78 is 10.1. The van der Waals surface area contributed by atoms with E-state index in [2.05, 4.69) is 0 Å². The van der Waals surface area contributed by atoms with E-state index in [1.54, 1.807) is 7.11 Å². The van der Waals surface area contributed by atoms with Crippen LogP contribution in [0.25, 0.3) is 5.47 Å². The number of hydrogen-bond donors (Lipinski definition) is 1. The van der Waals surface area contributed by atoms with E-state index in [9.17, 15) is 5.02 Å². The van der Waals surface area contributed by atoms with Crippen molar-refractivity contribution in [3.05, 3.63) is 35.9 Å². The van der Waals surface area contributed by atoms with Crippen molar-refractivity contribution in [1.29, 1.82) is 0 Å². The first-order chi connectivity index (χ1) is 6.81. The molecule has 2 rings (SSSR count). The Morgan fingerprint density at radius 2 is 2.36 bits per heavy atom. The van der Waals surface area contributed by atoms with Crippen LogP contribution in [0, 0.1) is 0 Å². The standard InChI is InChI=1S/C10H11BO3/c1-13-9-4-2-3-8(7-9)10-5-6-14-11(10)12/h2-5,7,12H,6H2,1H3. The van der Waals surface area contributed by atoms with E-state index in [0.717, 1.165) is 16.8 Å². The van der Waals surface area contributed by atoms with Gasteiger partial charge in [0.15, 0.2) is 0 Å². The predicted octanol–water partition coefficient (Wildman–Crippen LogP) is 1.13. The quantitative estimate of drug-likeness (QED) is 0.710. The minimum absolute atomic E-state index is 0.466. The van der Waals surface area contributed by atoms with Crippen molar-refractivity contribution in [2.75, 3.05) is 13.7 Å². The highest BCUT2D eigenvalue weighted by atomic mass is 16.5. The molecule has 4 heteroatoms. The van der Waals surface area contributed by atoms with Crippen LogP contribution in [-0.2, 0) is 4.65 Å². The molecule has 1 heterocycles. The molecule has 0 unspecified atom stereocenters. The summed E-state index contributed by atoms with van der Waals surface area (Å²) in [5.41, 5.74) is 1.75. The highest BCUT2D eigenvalue weighted by Gasteiger charge is 2.25. The van der Waals surface area contributed by atoms with E-state index < -0.39 is 7.12 Å². The molecule has 0 saturated heterocycles. The Bertz CT molecular complexity index is 362. The molecule has 0 aromatic heterocycles. The number of hydrogen-bond acceptors (Lipinski definition) is 3. The fourth-order valence-corrected chi connectivity index (χ4v) is 1.48. The molecule has 1 aromatic rings. The average Bonchev–Trinajstić information content (AvgIpc) is 2.65. The maximum Gasteiger partial charge on any atom is 0.491 e. The van der Waals surface area contributed by atoms with E-state index >= 15 is 0 Å². The number of ether oxygens (including phenoxy) is 1. The zero-order valence-electron chi connectivity index (χ0n) is 7.93. The summed E-state index contributed by atoms with van der Waals surface area (Å²) in [6, 6.07) is 7.56. The summed E-state index contributed by atoms with van der Waals surface area (Å²) in [5.74, 6) is 0.780. The number of methoxy groups -OCH3 is 1. The van der Waals surface area contributed by atoms with Crippen LogP contribution in [0.2, 0.25) is 0 Å². The molecular formula is C10H11BO3. The first-order valence-electron chi connectivity index (χ1n) is 4.45. The van der Waals surface area contributed by atoms with Crippen LogP contribution >= 0.6 is 0 Å². The molecule has 0 atom stereocenters. The molecule has 0 spiro atoms. The van der Waals surface area contributed by atoms with Gasteiger partial charge in [0.1, 0.15) is 5.75 Å². The lowest BCUT2D eigenvalue weighted by atomic mass is 9.76. The van der Waals surface area contributed by atoms with E-state index in [1.165, 1.54) is 0 Å². The van der Waals surface area contributed by atoms with E-state index in [1.807, 2.05) is 30.3 Å². The lowest BCUT2D eigenvalue weighted by molar-refractivity contribution is 0.316. The topological polar surface area (TPSA) is 38.7 Å². The summed E-state index contributed by atoms with van der Waals surface area (Å²) in [6.45, 7) is 0.466. The Labute approximate surface area is 83.1 Å². The zero-order valence-corrected chi connectivity index (χ0v) is 7.93. The first-order valence-corrected chi connectivity index (χ1v) is 4.45. The van der Waals surface area contributed by atoms with Gasteiger partial charge in [0.2, 0.25) is 0 Å². The highest BCUT2D eigenvalue weighted by molar-refractivity contribution is 6.67. The zero-order chi connectivity index (χ0) is 9.97. The Hall–Kier alpha value is -1.26. The van der Waals surface area contributed by atoms with Crippen molar-refractivity contribution in [2.24, 2.45) is 0 Å². The highest BCUT2D eigenvalue weighted by Crippen LogP contribution is 2.24. The van der Waals surface area contributed by atoms with Gasteiger partial charge < -0.3 is 14.4 Å². The largest absolute Gasteiger partial charge is 0.497 e. The molecule has 0 amide bonds. The van der Waals surface area contributed by atoms with Crippen molar-refractivity contribution in [1.82, 2.24) is 0 Å². The monoisotopic (exact) mass is 190 g/mol. The number of benzene rings is 1. The van der Waals surface area contributed by atoms with Crippen LogP contribution in [0.1, 0.15) is 5.56 Å². The SMILES string of the molecule is COc1cccc(C2=CCOB2O)c1. The van der Waals surface area contributed by atoms with Gasteiger partial charge in [0.05, 0.1) is 13.7 Å². The molecule has 72 valence electrons. The molecule has 0 fully saturated rings. The molecule has 3 nitrogen and oxygen atoms in total. The maximum atomic E-state index is 9.47. The van der Waals surface area contributed by atoms with Crippen molar-refractivity contribution in [3.63, 3.8) is 0 Å². The van der Waals surface area contributed by atoms with Crippen molar-refractivity contribution >= 4 is 12.6 Å². The lowest BCUT2D eigenvalue weighted by Crippen LogP contribution is -2.14. The van der Waals surface area contributed by atoms with Crippen LogP contribution in [0.3, 0.4) is 0 Å². The van der Waals surface area contributed by atoms with Gasteiger partial charge in [-0.1, -0.05) is 18.2 Å². The molecular weight excluding hydrogens is 179 g/mol. The van der Waals surface area contributed by atoms with Crippen molar-refractivity contribution in [2.45, 2.75) is 0 Å². The fourth-order valence-electron chi connectivity index (χ4n) is 1.48. The minimum atomic E-state index is -0.804. The van der Waals surface area contributed by atoms with Crippen molar-refractivity contribution < 1.29 is 14.4 Å². The lowest BCUT2D eigenvalue weighted by Gasteiger charge is -2.05. The van der Waals surface area contributed by atoms with Gasteiger partial charge in [0.25, 0.3) is 0 Å². The maximum absolute atomic E-state index is 9.47. The summed E-state index contributed by atoms with van der Waals surface area (Å²) in [4.78, 5) is 0. The van der Waals surface area contributed by atoms with Crippen LogP contribution in [0.15, 0.2) is 30.3 Å². The van der Waals surface area contributed by atoms with Crippen LogP contribution in [0.5, 0.6) is 5.75 Å². The second-order valence-corrected chi connectivity index (χ2v) is 3.08. The Morgan fingerprint density at radius 3 is 3.00 bits per heavy atom. The average molecular weight is 190 g/mol. The van der Waals surface area contributed by atoms with Gasteiger partial charge in [0, 0.05) is 0 Å². The summed E-state index contributed by atoms with van der Waals surface area (Å²) in [5, 5.41) is 9.47. The normalized spacial score (nSPS) is 15.6. The molecule has 1 aromatic carbocycles. The summed E-state index contributed by atoms with van der Waals surface area (Å²) in [7, 11) is 0.817. The second-order valence-electron chi connectivity index (χ2n) is 3.08. The summed E-state index contributed by atoms with van der Waals surface area (Å²) in [6.07, 6.45) is 1.87. The van der Waals surface area contributed by atoms with Crippen LogP contribution < -0.4 is 4.74 Å². The van der Waals surface area contributed by atoms with Gasteiger partial charge in [-0.2, -0.15) is 0 Å². The van der Waals surface area contributed by atoms with Crippen molar-refractivity contribution in [3.8, 4) is 5.75 Å². The van der Waals surface area contributed by atoms with Gasteiger partial charge in [-0.25, -0.2) is 0 Å². The fraction of sp³-hybridized carbons (Fsp3) is 0.200. The third-order valence-electron chi connectivity index (χ3n) is 2.23. The third kappa shape index (κ3) is 1.67. The smallest absolute Gasteiger partial charge is 0.491 e. The Morgan fingerprint density at radius 1 is 1.50 bits per heavy atom. The third-order valence-corrected chi connectivity index (χ3v) is 2.23. The predicted molar refractivity (Wildman–Crippen MR) is 54.9 cm³/mol. The first kappa shape index (κ1) is 9.31. The van der Waals surface area contributed by atoms with Crippen LogP contribution in [-0.4, -0.2) is 25.9 Å². The molecule has 1 aliphatic rings. The summed E-state index contributed by atoms with van der Waals surface area (Å²) >= 11 is 0. The molecule has 0 radical (unpaired) electrons. The van der Waals surface area contributed by atoms with E-state index in [0.29, 0.717) is 6.61 Å². The molecule has 0 bridgehead atoms. The molecule has 0 saturated carbocycles. The molecule has 0 aliphatic carbocycles. The van der Waals surface area contributed by atoms with Gasteiger partial charge in [-0.15, -0.1) is 0 Å². The van der Waals surface area contributed by atoms with Gasteiger partial charge >= 0.3 is 7.12 Å². The Balaban J connectivity index is 2.32. The Kier molecular flexibility index (Phi) is 2.57. The number of rotatable bonds is 2. The minimum Gasteiger partial charge on any atom is -0.497 e. The molecule has 1 N–H and O–H groups in total. The molecule has 14 heavy (non-hydrogen) atoms. The van der Waals surface area contributed by atoms with Gasteiger partial charge in [-0.05, 0) is 23.2 Å². The molecule has 1 aliphatic heterocycles. The van der Waals surface area contributed by atoms with Gasteiger partial charge in [-0.3, -0.25) is 0 Å². The second kappa shape index (κ2) is 3.86.